The molecule has 1 aromatic carbocycles. The lowest BCUT2D eigenvalue weighted by atomic mass is 9.98. The SMILES string of the molecule is C#C.CC1NC(=O)OC1c1cc(C(F)(F)F)cc(C(F)(F)F)c1. The Morgan fingerprint density at radius 1 is 1.00 bits per heavy atom. The Kier molecular flexibility index (Phi) is 5.20. The molecule has 1 aliphatic rings. The molecule has 1 heterocycles. The normalized spacial score (nSPS) is 21.0. The minimum absolute atomic E-state index is 0.0262. The lowest BCUT2D eigenvalue weighted by Gasteiger charge is -2.18. The van der Waals surface area contributed by atoms with Crippen molar-refractivity contribution in [1.29, 1.82) is 0 Å². The fourth-order valence-corrected chi connectivity index (χ4v) is 2.01. The largest absolute Gasteiger partial charge is 0.439 e. The third kappa shape index (κ3) is 4.31. The van der Waals surface area contributed by atoms with Gasteiger partial charge in [-0.05, 0) is 30.7 Å². The van der Waals surface area contributed by atoms with Crippen molar-refractivity contribution < 1.29 is 35.9 Å². The van der Waals surface area contributed by atoms with Crippen molar-refractivity contribution >= 4 is 6.09 Å². The number of nitrogens with one attached hydrogen (secondary N) is 1. The average Bonchev–Trinajstić information content (AvgIpc) is 2.77. The van der Waals surface area contributed by atoms with Crippen LogP contribution in [0.5, 0.6) is 0 Å². The number of halogens is 6. The number of hydrogen-bond donors (Lipinski definition) is 1. The predicted octanol–water partition coefficient (Wildman–Crippen LogP) is 4.14. The maximum atomic E-state index is 12.7. The van der Waals surface area contributed by atoms with Gasteiger partial charge in [-0.15, -0.1) is 12.8 Å². The van der Waals surface area contributed by atoms with Gasteiger partial charge in [0.05, 0.1) is 17.2 Å². The highest BCUT2D eigenvalue weighted by molar-refractivity contribution is 5.70. The Labute approximate surface area is 127 Å². The van der Waals surface area contributed by atoms with Crippen LogP contribution in [0.2, 0.25) is 0 Å². The molecule has 0 saturated carbocycles. The van der Waals surface area contributed by atoms with Crippen molar-refractivity contribution in [2.45, 2.75) is 31.4 Å². The first kappa shape index (κ1) is 18.7. The minimum atomic E-state index is -4.94. The van der Waals surface area contributed by atoms with Crippen LogP contribution in [0.25, 0.3) is 0 Å². The van der Waals surface area contributed by atoms with Crippen molar-refractivity contribution in [1.82, 2.24) is 5.32 Å². The predicted molar refractivity (Wildman–Crippen MR) is 68.2 cm³/mol. The maximum absolute atomic E-state index is 12.7. The van der Waals surface area contributed by atoms with E-state index >= 15 is 0 Å². The molecule has 1 saturated heterocycles. The van der Waals surface area contributed by atoms with Crippen molar-refractivity contribution in [3.63, 3.8) is 0 Å². The Morgan fingerprint density at radius 2 is 1.43 bits per heavy atom. The highest BCUT2D eigenvalue weighted by Crippen LogP contribution is 2.39. The van der Waals surface area contributed by atoms with Gasteiger partial charge in [-0.1, -0.05) is 0 Å². The van der Waals surface area contributed by atoms with E-state index in [0.29, 0.717) is 12.1 Å². The lowest BCUT2D eigenvalue weighted by Crippen LogP contribution is -2.24. The van der Waals surface area contributed by atoms with Crippen molar-refractivity contribution in [2.24, 2.45) is 0 Å². The molecule has 126 valence electrons. The number of rotatable bonds is 1. The lowest BCUT2D eigenvalue weighted by molar-refractivity contribution is -0.143. The van der Waals surface area contributed by atoms with E-state index in [2.05, 4.69) is 18.2 Å². The Morgan fingerprint density at radius 3 is 1.74 bits per heavy atom. The van der Waals surface area contributed by atoms with Crippen LogP contribution in [0, 0.1) is 12.8 Å². The third-order valence-electron chi connectivity index (χ3n) is 2.97. The zero-order valence-corrected chi connectivity index (χ0v) is 11.6. The molecule has 0 bridgehead atoms. The number of terminal acetylenes is 1. The van der Waals surface area contributed by atoms with Gasteiger partial charge in [0.25, 0.3) is 0 Å². The molecule has 2 unspecified atom stereocenters. The second kappa shape index (κ2) is 6.40. The van der Waals surface area contributed by atoms with Crippen molar-refractivity contribution in [2.75, 3.05) is 0 Å². The quantitative estimate of drug-likeness (QED) is 0.617. The number of alkyl carbamates (subject to hydrolysis) is 1. The molecule has 1 aromatic rings. The van der Waals surface area contributed by atoms with E-state index < -0.39 is 41.7 Å². The van der Waals surface area contributed by atoms with Gasteiger partial charge in [0.15, 0.2) is 0 Å². The first-order valence-electron chi connectivity index (χ1n) is 6.08. The first-order chi connectivity index (χ1) is 10.5. The minimum Gasteiger partial charge on any atom is -0.439 e. The van der Waals surface area contributed by atoms with E-state index in [1.54, 1.807) is 0 Å². The zero-order chi connectivity index (χ0) is 18.0. The summed E-state index contributed by atoms with van der Waals surface area (Å²) in [6.45, 7) is 1.42. The molecule has 1 amide bonds. The topological polar surface area (TPSA) is 38.3 Å². The van der Waals surface area contributed by atoms with Gasteiger partial charge < -0.3 is 10.1 Å². The van der Waals surface area contributed by atoms with Gasteiger partial charge in [0.2, 0.25) is 0 Å². The van der Waals surface area contributed by atoms with Crippen LogP contribution in [0.4, 0.5) is 31.1 Å². The van der Waals surface area contributed by atoms with E-state index in [1.165, 1.54) is 6.92 Å². The molecule has 0 spiro atoms. The van der Waals surface area contributed by atoms with E-state index in [9.17, 15) is 31.1 Å². The monoisotopic (exact) mass is 339 g/mol. The molecule has 0 radical (unpaired) electrons. The van der Waals surface area contributed by atoms with Crippen molar-refractivity contribution in [3.05, 3.63) is 34.9 Å². The highest BCUT2D eigenvalue weighted by atomic mass is 19.4. The second-order valence-corrected chi connectivity index (χ2v) is 4.60. The summed E-state index contributed by atoms with van der Waals surface area (Å²) in [4.78, 5) is 11.0. The number of hydrogen-bond acceptors (Lipinski definition) is 2. The van der Waals surface area contributed by atoms with Gasteiger partial charge in [0.1, 0.15) is 6.10 Å². The maximum Gasteiger partial charge on any atom is 0.416 e. The number of amides is 1. The summed E-state index contributed by atoms with van der Waals surface area (Å²) < 4.78 is 80.9. The Balaban J connectivity index is 0.00000127. The summed E-state index contributed by atoms with van der Waals surface area (Å²) in [7, 11) is 0. The van der Waals surface area contributed by atoms with Gasteiger partial charge in [-0.25, -0.2) is 4.79 Å². The zero-order valence-electron chi connectivity index (χ0n) is 11.6. The van der Waals surface area contributed by atoms with Gasteiger partial charge in [-0.3, -0.25) is 0 Å². The van der Waals surface area contributed by atoms with Crippen molar-refractivity contribution in [3.8, 4) is 12.8 Å². The number of carbonyl (C=O) groups excluding carboxylic acids is 1. The molecule has 9 heteroatoms. The molecule has 1 N–H and O–H groups in total. The summed E-state index contributed by atoms with van der Waals surface area (Å²) in [5.41, 5.74) is -3.24. The summed E-state index contributed by atoms with van der Waals surface area (Å²) in [5.74, 6) is 0. The average molecular weight is 339 g/mol. The molecule has 2 rings (SSSR count). The summed E-state index contributed by atoms with van der Waals surface area (Å²) in [5, 5.41) is 2.26. The Bertz CT molecular complexity index is 573. The molecular weight excluding hydrogens is 328 g/mol. The third-order valence-corrected chi connectivity index (χ3v) is 2.97. The van der Waals surface area contributed by atoms with Crippen LogP contribution in [-0.4, -0.2) is 12.1 Å². The van der Waals surface area contributed by atoms with Gasteiger partial charge in [-0.2, -0.15) is 26.3 Å². The molecule has 1 fully saturated rings. The van der Waals surface area contributed by atoms with Crippen LogP contribution < -0.4 is 5.32 Å². The van der Waals surface area contributed by atoms with Crippen LogP contribution in [0.15, 0.2) is 18.2 Å². The number of ether oxygens (including phenoxy) is 1. The molecule has 2 atom stereocenters. The molecule has 23 heavy (non-hydrogen) atoms. The molecule has 1 aliphatic heterocycles. The molecule has 0 aromatic heterocycles. The summed E-state index contributed by atoms with van der Waals surface area (Å²) in [6.07, 6.45) is -3.97. The number of alkyl halides is 6. The van der Waals surface area contributed by atoms with E-state index in [4.69, 9.17) is 4.74 Å². The second-order valence-electron chi connectivity index (χ2n) is 4.60. The number of cyclic esters (lactones) is 1. The molecule has 0 aliphatic carbocycles. The van der Waals surface area contributed by atoms with Crippen LogP contribution in [0.3, 0.4) is 0 Å². The smallest absolute Gasteiger partial charge is 0.416 e. The summed E-state index contributed by atoms with van der Waals surface area (Å²) in [6, 6.07) is 0.396. The van der Waals surface area contributed by atoms with Crippen LogP contribution >= 0.6 is 0 Å². The molecular formula is C14H11F6NO2. The fourth-order valence-electron chi connectivity index (χ4n) is 2.01. The van der Waals surface area contributed by atoms with Gasteiger partial charge >= 0.3 is 18.4 Å². The van der Waals surface area contributed by atoms with Crippen LogP contribution in [0.1, 0.15) is 29.7 Å². The van der Waals surface area contributed by atoms with Crippen LogP contribution in [-0.2, 0) is 17.1 Å². The summed E-state index contributed by atoms with van der Waals surface area (Å²) >= 11 is 0. The number of benzene rings is 1. The highest BCUT2D eigenvalue weighted by Gasteiger charge is 2.40. The number of carbonyl (C=O) groups is 1. The Hall–Kier alpha value is -2.37. The van der Waals surface area contributed by atoms with E-state index in [-0.39, 0.29) is 11.6 Å². The fraction of sp³-hybridized carbons (Fsp3) is 0.357. The first-order valence-corrected chi connectivity index (χ1v) is 6.08. The molecule has 3 nitrogen and oxygen atoms in total. The standard InChI is InChI=1S/C12H9F6NO2.C2H2/c1-5-9(21-10(20)19-5)6-2-7(11(13,14)15)4-8(3-6)12(16,17)18;1-2/h2-5,9H,1H3,(H,19,20);1-2H. The van der Waals surface area contributed by atoms with Gasteiger partial charge in [0, 0.05) is 0 Å². The van der Waals surface area contributed by atoms with E-state index in [1.807, 2.05) is 0 Å². The van der Waals surface area contributed by atoms with E-state index in [0.717, 1.165) is 0 Å².